The molecule has 0 aliphatic heterocycles. The van der Waals surface area contributed by atoms with E-state index in [2.05, 4.69) is 65.4 Å². The van der Waals surface area contributed by atoms with Gasteiger partial charge < -0.3 is 5.32 Å². The average Bonchev–Trinajstić information content (AvgIpc) is 2.75. The number of halogens is 2. The van der Waals surface area contributed by atoms with Gasteiger partial charge in [-0.05, 0) is 43.2 Å². The second-order valence-corrected chi connectivity index (χ2v) is 7.53. The highest BCUT2D eigenvalue weighted by Gasteiger charge is 2.11. The van der Waals surface area contributed by atoms with E-state index >= 15 is 0 Å². The Morgan fingerprint density at radius 1 is 1.14 bits per heavy atom. The molecule has 1 nitrogen and oxygen atoms in total. The van der Waals surface area contributed by atoms with Gasteiger partial charge in [0.05, 0.1) is 11.6 Å². The van der Waals surface area contributed by atoms with Crippen LogP contribution in [0.2, 0.25) is 5.02 Å². The lowest BCUT2D eigenvalue weighted by molar-refractivity contribution is 1.16. The van der Waals surface area contributed by atoms with Gasteiger partial charge in [-0.2, -0.15) is 0 Å². The van der Waals surface area contributed by atoms with Crippen molar-refractivity contribution in [2.75, 3.05) is 5.32 Å². The van der Waals surface area contributed by atoms with Crippen LogP contribution in [0.15, 0.2) is 40.9 Å². The predicted molar refractivity (Wildman–Crippen MR) is 97.8 cm³/mol. The lowest BCUT2D eigenvalue weighted by Crippen LogP contribution is -2.02. The van der Waals surface area contributed by atoms with E-state index in [0.717, 1.165) is 21.4 Å². The first-order chi connectivity index (χ1) is 10.1. The maximum atomic E-state index is 6.49. The summed E-state index contributed by atoms with van der Waals surface area (Å²) in [4.78, 5) is 1.18. The van der Waals surface area contributed by atoms with Gasteiger partial charge in [-0.1, -0.05) is 45.7 Å². The summed E-state index contributed by atoms with van der Waals surface area (Å²) < 4.78 is 2.35. The van der Waals surface area contributed by atoms with E-state index in [9.17, 15) is 0 Å². The maximum absolute atomic E-state index is 6.49. The van der Waals surface area contributed by atoms with Crippen molar-refractivity contribution in [1.29, 1.82) is 0 Å². The Bertz CT molecular complexity index is 787. The molecule has 0 aliphatic carbocycles. The van der Waals surface area contributed by atoms with E-state index < -0.39 is 0 Å². The Labute approximate surface area is 142 Å². The van der Waals surface area contributed by atoms with Gasteiger partial charge in [0, 0.05) is 25.1 Å². The number of hydrogen-bond acceptors (Lipinski definition) is 2. The van der Waals surface area contributed by atoms with Gasteiger partial charge in [0.1, 0.15) is 0 Å². The number of thiophene rings is 1. The molecule has 4 heteroatoms. The van der Waals surface area contributed by atoms with Gasteiger partial charge in [0.25, 0.3) is 0 Å². The minimum absolute atomic E-state index is 0.751. The summed E-state index contributed by atoms with van der Waals surface area (Å²) in [6.07, 6.45) is 0. The zero-order valence-corrected chi connectivity index (χ0v) is 15.0. The molecule has 2 aromatic carbocycles. The van der Waals surface area contributed by atoms with Crippen LogP contribution < -0.4 is 5.32 Å². The molecule has 3 aromatic rings. The molecule has 0 saturated carbocycles. The summed E-state index contributed by atoms with van der Waals surface area (Å²) in [6, 6.07) is 12.5. The summed E-state index contributed by atoms with van der Waals surface area (Å²) in [5.41, 5.74) is 3.66. The lowest BCUT2D eigenvalue weighted by Gasteiger charge is -2.13. The van der Waals surface area contributed by atoms with Crippen molar-refractivity contribution in [3.63, 3.8) is 0 Å². The van der Waals surface area contributed by atoms with Crippen molar-refractivity contribution in [3.05, 3.63) is 61.9 Å². The number of aryl methyl sites for hydroxylation is 2. The molecule has 0 fully saturated rings. The summed E-state index contributed by atoms with van der Waals surface area (Å²) in [6.45, 7) is 4.99. The maximum Gasteiger partial charge on any atom is 0.0642 e. The van der Waals surface area contributed by atoms with Crippen LogP contribution in [0.1, 0.15) is 16.0 Å². The van der Waals surface area contributed by atoms with Crippen LogP contribution in [-0.4, -0.2) is 0 Å². The largest absolute Gasteiger partial charge is 0.380 e. The summed E-state index contributed by atoms with van der Waals surface area (Å²) in [5.74, 6) is 0. The first-order valence-corrected chi connectivity index (χ1v) is 8.71. The van der Waals surface area contributed by atoms with Crippen molar-refractivity contribution < 1.29 is 0 Å². The molecule has 0 bridgehead atoms. The molecule has 108 valence electrons. The second-order valence-electron chi connectivity index (χ2n) is 5.10. The number of benzene rings is 2. The quantitative estimate of drug-likeness (QED) is 0.543. The standard InChI is InChI=1S/C17H15BrClNS/c1-10-7-12(18)8-11(2)17(10)20-9-15-16(19)13-5-3-4-6-14(13)21-15/h3-8,20H,9H2,1-2H3. The number of anilines is 1. The molecule has 0 aliphatic rings. The van der Waals surface area contributed by atoms with Crippen molar-refractivity contribution in [2.24, 2.45) is 0 Å². The third kappa shape index (κ3) is 2.96. The number of hydrogen-bond donors (Lipinski definition) is 1. The minimum atomic E-state index is 0.751. The highest BCUT2D eigenvalue weighted by atomic mass is 79.9. The van der Waals surface area contributed by atoms with E-state index in [1.807, 2.05) is 6.07 Å². The molecule has 0 spiro atoms. The Balaban J connectivity index is 1.89. The molecule has 1 aromatic heterocycles. The molecule has 0 atom stereocenters. The number of rotatable bonds is 3. The SMILES string of the molecule is Cc1cc(Br)cc(C)c1NCc1sc2ccccc2c1Cl. The first-order valence-electron chi connectivity index (χ1n) is 6.73. The lowest BCUT2D eigenvalue weighted by atomic mass is 10.1. The molecule has 1 heterocycles. The number of fused-ring (bicyclic) bond motifs is 1. The Hall–Kier alpha value is -1.03. The highest BCUT2D eigenvalue weighted by Crippen LogP contribution is 2.36. The fourth-order valence-corrected chi connectivity index (χ4v) is 4.66. The predicted octanol–water partition coefficient (Wildman–Crippen LogP) is 6.55. The summed E-state index contributed by atoms with van der Waals surface area (Å²) in [5, 5.41) is 5.55. The second kappa shape index (κ2) is 5.99. The Morgan fingerprint density at radius 2 is 1.81 bits per heavy atom. The van der Waals surface area contributed by atoms with Gasteiger partial charge in [0.15, 0.2) is 0 Å². The third-order valence-corrected chi connectivity index (χ3v) is 5.70. The minimum Gasteiger partial charge on any atom is -0.380 e. The van der Waals surface area contributed by atoms with Gasteiger partial charge >= 0.3 is 0 Å². The van der Waals surface area contributed by atoms with Gasteiger partial charge in [0.2, 0.25) is 0 Å². The van der Waals surface area contributed by atoms with Gasteiger partial charge in [-0.25, -0.2) is 0 Å². The molecule has 0 saturated heterocycles. The molecular formula is C17H15BrClNS. The average molecular weight is 381 g/mol. The summed E-state index contributed by atoms with van der Waals surface area (Å²) in [7, 11) is 0. The van der Waals surface area contributed by atoms with Crippen LogP contribution in [0, 0.1) is 13.8 Å². The van der Waals surface area contributed by atoms with Crippen molar-refractivity contribution in [2.45, 2.75) is 20.4 Å². The molecular weight excluding hydrogens is 366 g/mol. The van der Waals surface area contributed by atoms with E-state index in [-0.39, 0.29) is 0 Å². The van der Waals surface area contributed by atoms with Crippen molar-refractivity contribution >= 4 is 54.6 Å². The van der Waals surface area contributed by atoms with Crippen LogP contribution in [0.5, 0.6) is 0 Å². The fraction of sp³-hybridized carbons (Fsp3) is 0.176. The van der Waals surface area contributed by atoms with Crippen LogP contribution in [-0.2, 0) is 6.54 Å². The molecule has 0 unspecified atom stereocenters. The van der Waals surface area contributed by atoms with Crippen molar-refractivity contribution in [1.82, 2.24) is 0 Å². The molecule has 0 radical (unpaired) electrons. The first kappa shape index (κ1) is 14.9. The molecule has 21 heavy (non-hydrogen) atoms. The molecule has 1 N–H and O–H groups in total. The van der Waals surface area contributed by atoms with E-state index in [4.69, 9.17) is 11.6 Å². The topological polar surface area (TPSA) is 12.0 Å². The Morgan fingerprint density at radius 3 is 2.48 bits per heavy atom. The smallest absolute Gasteiger partial charge is 0.0642 e. The van der Waals surface area contributed by atoms with Crippen LogP contribution in [0.4, 0.5) is 5.69 Å². The van der Waals surface area contributed by atoms with E-state index in [1.54, 1.807) is 11.3 Å². The Kier molecular flexibility index (Phi) is 4.25. The molecule has 0 amide bonds. The zero-order chi connectivity index (χ0) is 15.0. The van der Waals surface area contributed by atoms with Crippen LogP contribution in [0.25, 0.3) is 10.1 Å². The fourth-order valence-electron chi connectivity index (χ4n) is 2.54. The monoisotopic (exact) mass is 379 g/mol. The normalized spacial score (nSPS) is 11.0. The number of nitrogens with one attached hydrogen (secondary N) is 1. The van der Waals surface area contributed by atoms with Gasteiger partial charge in [-0.15, -0.1) is 11.3 Å². The molecule has 3 rings (SSSR count). The summed E-state index contributed by atoms with van der Waals surface area (Å²) >= 11 is 11.8. The zero-order valence-electron chi connectivity index (χ0n) is 11.8. The third-order valence-electron chi connectivity index (χ3n) is 3.52. The highest BCUT2D eigenvalue weighted by molar-refractivity contribution is 9.10. The van der Waals surface area contributed by atoms with E-state index in [0.29, 0.717) is 0 Å². The van der Waals surface area contributed by atoms with Crippen molar-refractivity contribution in [3.8, 4) is 0 Å². The van der Waals surface area contributed by atoms with Gasteiger partial charge in [-0.3, -0.25) is 0 Å². The van der Waals surface area contributed by atoms with E-state index in [1.165, 1.54) is 26.4 Å². The van der Waals surface area contributed by atoms with Crippen LogP contribution in [0.3, 0.4) is 0 Å². The van der Waals surface area contributed by atoms with Crippen LogP contribution >= 0.6 is 38.9 Å².